The van der Waals surface area contributed by atoms with Gasteiger partial charge in [0.25, 0.3) is 0 Å². The van der Waals surface area contributed by atoms with Crippen LogP contribution in [0, 0.1) is 5.92 Å². The van der Waals surface area contributed by atoms with Crippen molar-refractivity contribution in [3.05, 3.63) is 48.5 Å². The fourth-order valence-electron chi connectivity index (χ4n) is 3.11. The van der Waals surface area contributed by atoms with Gasteiger partial charge >= 0.3 is 6.03 Å². The van der Waals surface area contributed by atoms with E-state index in [9.17, 15) is 4.79 Å². The zero-order valence-electron chi connectivity index (χ0n) is 12.5. The highest BCUT2D eigenvalue weighted by Crippen LogP contribution is 2.40. The van der Waals surface area contributed by atoms with Crippen LogP contribution in [0.3, 0.4) is 0 Å². The highest BCUT2D eigenvalue weighted by molar-refractivity contribution is 5.75. The van der Waals surface area contributed by atoms with Crippen LogP contribution < -0.4 is 5.32 Å². The molecule has 2 amide bonds. The summed E-state index contributed by atoms with van der Waals surface area (Å²) < 4.78 is 1.96. The molecule has 1 aliphatic carbocycles. The smallest absolute Gasteiger partial charge is 0.317 e. The molecule has 22 heavy (non-hydrogen) atoms. The lowest BCUT2D eigenvalue weighted by atomic mass is 9.99. The van der Waals surface area contributed by atoms with E-state index in [0.717, 1.165) is 23.7 Å². The van der Waals surface area contributed by atoms with Gasteiger partial charge in [0.05, 0.1) is 6.33 Å². The van der Waals surface area contributed by atoms with Crippen LogP contribution in [0.15, 0.2) is 43.0 Å². The summed E-state index contributed by atoms with van der Waals surface area (Å²) in [6.07, 6.45) is 9.22. The lowest BCUT2D eigenvalue weighted by Crippen LogP contribution is -2.55. The van der Waals surface area contributed by atoms with Crippen LogP contribution in [0.5, 0.6) is 0 Å². The molecule has 2 heterocycles. The minimum absolute atomic E-state index is 0.0850. The third-order valence-electron chi connectivity index (χ3n) is 4.68. The second-order valence-electron chi connectivity index (χ2n) is 6.18. The van der Waals surface area contributed by atoms with Gasteiger partial charge in [-0.3, -0.25) is 0 Å². The molecule has 2 aromatic rings. The fraction of sp³-hybridized carbons (Fsp3) is 0.412. The zero-order chi connectivity index (χ0) is 14.9. The van der Waals surface area contributed by atoms with E-state index in [1.54, 1.807) is 12.5 Å². The van der Waals surface area contributed by atoms with Crippen molar-refractivity contribution in [2.24, 2.45) is 5.92 Å². The highest BCUT2D eigenvalue weighted by atomic mass is 16.2. The highest BCUT2D eigenvalue weighted by Gasteiger charge is 2.42. The summed E-state index contributed by atoms with van der Waals surface area (Å²) in [6, 6.07) is 8.76. The molecular formula is C17H20N4O. The molecule has 2 aliphatic rings. The predicted molar refractivity (Wildman–Crippen MR) is 83.6 cm³/mol. The van der Waals surface area contributed by atoms with Gasteiger partial charge in [-0.2, -0.15) is 0 Å². The molecule has 1 saturated carbocycles. The maximum absolute atomic E-state index is 12.2. The summed E-state index contributed by atoms with van der Waals surface area (Å²) in [5.74, 6) is 0.772. The van der Waals surface area contributed by atoms with Gasteiger partial charge in [0.2, 0.25) is 0 Å². The Balaban J connectivity index is 1.32. The first-order valence-electron chi connectivity index (χ1n) is 7.93. The van der Waals surface area contributed by atoms with Gasteiger partial charge in [0.1, 0.15) is 0 Å². The number of aromatic nitrogens is 2. The Kier molecular flexibility index (Phi) is 3.33. The average Bonchev–Trinajstić information content (AvgIpc) is 3.16. The second kappa shape index (κ2) is 5.48. The van der Waals surface area contributed by atoms with Crippen molar-refractivity contribution in [3.8, 4) is 5.69 Å². The molecule has 0 spiro atoms. The van der Waals surface area contributed by atoms with E-state index in [0.29, 0.717) is 12.6 Å². The number of hydrogen-bond acceptors (Lipinski definition) is 2. The fourth-order valence-corrected chi connectivity index (χ4v) is 3.11. The molecule has 1 N–H and O–H groups in total. The quantitative estimate of drug-likeness (QED) is 0.942. The normalized spacial score (nSPS) is 20.5. The van der Waals surface area contributed by atoms with Gasteiger partial charge in [0, 0.05) is 37.2 Å². The van der Waals surface area contributed by atoms with Crippen molar-refractivity contribution in [2.75, 3.05) is 6.54 Å². The molecule has 114 valence electrons. The molecule has 2 fully saturated rings. The third kappa shape index (κ3) is 2.58. The van der Waals surface area contributed by atoms with Crippen molar-refractivity contribution in [1.82, 2.24) is 19.8 Å². The van der Waals surface area contributed by atoms with Crippen molar-refractivity contribution in [1.29, 1.82) is 0 Å². The summed E-state index contributed by atoms with van der Waals surface area (Å²) >= 11 is 0. The molecule has 1 unspecified atom stereocenters. The average molecular weight is 296 g/mol. The van der Waals surface area contributed by atoms with E-state index in [-0.39, 0.29) is 6.03 Å². The SMILES string of the molecule is O=C(NCc1ccc(-n2ccnc2)cc1)N1CCC1C1CC1. The number of nitrogens with zero attached hydrogens (tertiary/aromatic N) is 3. The number of amides is 2. The Hall–Kier alpha value is -2.30. The van der Waals surface area contributed by atoms with E-state index in [1.165, 1.54) is 19.3 Å². The number of urea groups is 1. The lowest BCUT2D eigenvalue weighted by Gasteiger charge is -2.41. The second-order valence-corrected chi connectivity index (χ2v) is 6.18. The number of carbonyl (C=O) groups excluding carboxylic acids is 1. The molecule has 1 saturated heterocycles. The molecule has 5 nitrogen and oxygen atoms in total. The van der Waals surface area contributed by atoms with Crippen LogP contribution >= 0.6 is 0 Å². The van der Waals surface area contributed by atoms with Gasteiger partial charge in [-0.25, -0.2) is 9.78 Å². The van der Waals surface area contributed by atoms with Crippen LogP contribution in [0.4, 0.5) is 4.79 Å². The Morgan fingerprint density at radius 2 is 2.05 bits per heavy atom. The largest absolute Gasteiger partial charge is 0.334 e. The van der Waals surface area contributed by atoms with Crippen molar-refractivity contribution in [2.45, 2.75) is 31.8 Å². The van der Waals surface area contributed by atoms with Crippen molar-refractivity contribution >= 4 is 6.03 Å². The van der Waals surface area contributed by atoms with E-state index < -0.39 is 0 Å². The zero-order valence-corrected chi connectivity index (χ0v) is 12.5. The summed E-state index contributed by atoms with van der Waals surface area (Å²) in [6.45, 7) is 1.49. The third-order valence-corrected chi connectivity index (χ3v) is 4.68. The molecule has 1 aromatic carbocycles. The Bertz CT molecular complexity index is 646. The predicted octanol–water partition coefficient (Wildman–Crippen LogP) is 2.57. The van der Waals surface area contributed by atoms with E-state index in [4.69, 9.17) is 0 Å². The topological polar surface area (TPSA) is 50.2 Å². The molecule has 0 bridgehead atoms. The number of rotatable bonds is 4. The minimum Gasteiger partial charge on any atom is -0.334 e. The summed E-state index contributed by atoms with van der Waals surface area (Å²) in [7, 11) is 0. The monoisotopic (exact) mass is 296 g/mol. The minimum atomic E-state index is 0.0850. The molecule has 1 atom stereocenters. The van der Waals surface area contributed by atoms with Crippen LogP contribution in [0.25, 0.3) is 5.69 Å². The van der Waals surface area contributed by atoms with E-state index >= 15 is 0 Å². The van der Waals surface area contributed by atoms with Crippen LogP contribution in [-0.2, 0) is 6.54 Å². The summed E-state index contributed by atoms with van der Waals surface area (Å²) in [5, 5.41) is 3.04. The number of imidazole rings is 1. The first kappa shape index (κ1) is 13.4. The van der Waals surface area contributed by atoms with Gasteiger partial charge in [0.15, 0.2) is 0 Å². The number of likely N-dealkylation sites (tertiary alicyclic amines) is 1. The van der Waals surface area contributed by atoms with Crippen LogP contribution in [0.2, 0.25) is 0 Å². The molecule has 4 rings (SSSR count). The summed E-state index contributed by atoms with van der Waals surface area (Å²) in [4.78, 5) is 18.2. The van der Waals surface area contributed by atoms with E-state index in [1.807, 2.05) is 39.9 Å². The Morgan fingerprint density at radius 1 is 1.23 bits per heavy atom. The number of benzene rings is 1. The number of hydrogen-bond donors (Lipinski definition) is 1. The van der Waals surface area contributed by atoms with Gasteiger partial charge in [-0.05, 0) is 42.9 Å². The lowest BCUT2D eigenvalue weighted by molar-refractivity contribution is 0.101. The van der Waals surface area contributed by atoms with Crippen LogP contribution in [0.1, 0.15) is 24.8 Å². The Morgan fingerprint density at radius 3 is 2.64 bits per heavy atom. The number of carbonyl (C=O) groups is 1. The number of nitrogens with one attached hydrogen (secondary N) is 1. The van der Waals surface area contributed by atoms with Crippen molar-refractivity contribution < 1.29 is 4.79 Å². The maximum atomic E-state index is 12.2. The molecule has 0 radical (unpaired) electrons. The van der Waals surface area contributed by atoms with Crippen molar-refractivity contribution in [3.63, 3.8) is 0 Å². The molecule has 1 aromatic heterocycles. The van der Waals surface area contributed by atoms with E-state index in [2.05, 4.69) is 10.3 Å². The van der Waals surface area contributed by atoms with Gasteiger partial charge in [-0.15, -0.1) is 0 Å². The Labute approximate surface area is 130 Å². The molecule has 1 aliphatic heterocycles. The first-order valence-corrected chi connectivity index (χ1v) is 7.93. The van der Waals surface area contributed by atoms with Gasteiger partial charge in [-0.1, -0.05) is 12.1 Å². The summed E-state index contributed by atoms with van der Waals surface area (Å²) in [5.41, 5.74) is 2.19. The van der Waals surface area contributed by atoms with Crippen LogP contribution in [-0.4, -0.2) is 33.1 Å². The van der Waals surface area contributed by atoms with Gasteiger partial charge < -0.3 is 14.8 Å². The molecule has 5 heteroatoms. The first-order chi connectivity index (χ1) is 10.8. The maximum Gasteiger partial charge on any atom is 0.317 e. The standard InChI is InChI=1S/C17H20N4O/c22-17(21-9-7-16(21)14-3-4-14)19-11-13-1-5-15(6-2-13)20-10-8-18-12-20/h1-2,5-6,8,10,12,14,16H,3-4,7,9,11H2,(H,19,22). The molecular weight excluding hydrogens is 276 g/mol.